The third kappa shape index (κ3) is 3.24. The van der Waals surface area contributed by atoms with E-state index < -0.39 is 5.95 Å². The summed E-state index contributed by atoms with van der Waals surface area (Å²) >= 11 is 6.06. The molecule has 0 spiro atoms. The molecule has 2 rings (SSSR count). The van der Waals surface area contributed by atoms with E-state index in [9.17, 15) is 5.11 Å². The number of nitrogens with one attached hydrogen (secondary N) is 1. The highest BCUT2D eigenvalue weighted by Gasteiger charge is 2.19. The molecule has 1 heterocycles. The molecular formula is C13H16ClN3O2. The van der Waals surface area contributed by atoms with E-state index in [-0.39, 0.29) is 6.04 Å². The van der Waals surface area contributed by atoms with E-state index in [1.165, 1.54) is 0 Å². The molecule has 0 bridgehead atoms. The molecule has 19 heavy (non-hydrogen) atoms. The van der Waals surface area contributed by atoms with Crippen molar-refractivity contribution in [2.45, 2.75) is 33.0 Å². The molecule has 0 radical (unpaired) electrons. The van der Waals surface area contributed by atoms with Gasteiger partial charge in [-0.05, 0) is 25.5 Å². The first-order valence-corrected chi connectivity index (χ1v) is 6.49. The average molecular weight is 282 g/mol. The molecule has 0 aliphatic heterocycles. The van der Waals surface area contributed by atoms with E-state index in [0.29, 0.717) is 23.8 Å². The van der Waals surface area contributed by atoms with Crippen LogP contribution in [0.25, 0.3) is 0 Å². The fourth-order valence-corrected chi connectivity index (χ4v) is 2.00. The molecular weight excluding hydrogens is 266 g/mol. The van der Waals surface area contributed by atoms with Gasteiger partial charge < -0.3 is 14.9 Å². The van der Waals surface area contributed by atoms with Crippen molar-refractivity contribution in [1.29, 1.82) is 0 Å². The summed E-state index contributed by atoms with van der Waals surface area (Å²) in [5, 5.41) is 19.1. The Balaban J connectivity index is 2.00. The average Bonchev–Trinajstić information content (AvgIpc) is 2.74. The molecule has 1 N–H and O–H groups in total. The van der Waals surface area contributed by atoms with E-state index in [1.54, 1.807) is 4.68 Å². The Morgan fingerprint density at radius 2 is 2.11 bits per heavy atom. The summed E-state index contributed by atoms with van der Waals surface area (Å²) in [7, 11) is 0. The summed E-state index contributed by atoms with van der Waals surface area (Å²) in [6.45, 7) is 4.87. The SMILES string of the molecule is CC(C)[n+]1noc([O-])c1CNCc1ccccc1Cl. The second kappa shape index (κ2) is 6.04. The highest BCUT2D eigenvalue weighted by atomic mass is 35.5. The first kappa shape index (κ1) is 13.8. The Morgan fingerprint density at radius 3 is 2.79 bits per heavy atom. The van der Waals surface area contributed by atoms with Gasteiger partial charge in [-0.25, -0.2) is 0 Å². The quantitative estimate of drug-likeness (QED) is 0.845. The normalized spacial score (nSPS) is 11.2. The van der Waals surface area contributed by atoms with Gasteiger partial charge in [-0.2, -0.15) is 0 Å². The molecule has 1 aromatic heterocycles. The predicted octanol–water partition coefficient (Wildman–Crippen LogP) is 1.56. The lowest BCUT2D eigenvalue weighted by Crippen LogP contribution is -2.43. The molecule has 0 aliphatic rings. The van der Waals surface area contributed by atoms with Crippen LogP contribution in [0, 0.1) is 0 Å². The van der Waals surface area contributed by atoms with Crippen molar-refractivity contribution in [3.8, 4) is 5.95 Å². The summed E-state index contributed by atoms with van der Waals surface area (Å²) in [5.41, 5.74) is 1.51. The Labute approximate surface area is 116 Å². The fourth-order valence-electron chi connectivity index (χ4n) is 1.79. The standard InChI is InChI=1S/C13H16ClN3O2/c1-9(2)17-12(13(18)19-16-17)8-15-7-10-5-3-4-6-11(10)14/h3-6,9,15H,7-8H2,1-2H3. The van der Waals surface area contributed by atoms with E-state index in [0.717, 1.165) is 5.56 Å². The van der Waals surface area contributed by atoms with E-state index >= 15 is 0 Å². The molecule has 0 saturated carbocycles. The van der Waals surface area contributed by atoms with Gasteiger partial charge in [0.25, 0.3) is 0 Å². The van der Waals surface area contributed by atoms with Gasteiger partial charge in [0.15, 0.2) is 12.0 Å². The molecule has 0 saturated heterocycles. The van der Waals surface area contributed by atoms with Crippen LogP contribution in [0.15, 0.2) is 28.8 Å². The van der Waals surface area contributed by atoms with E-state index in [1.807, 2.05) is 38.1 Å². The second-order valence-corrected chi connectivity index (χ2v) is 4.95. The summed E-state index contributed by atoms with van der Waals surface area (Å²) in [4.78, 5) is 0. The van der Waals surface area contributed by atoms with Crippen LogP contribution in [0.5, 0.6) is 5.95 Å². The zero-order chi connectivity index (χ0) is 13.8. The van der Waals surface area contributed by atoms with Gasteiger partial charge in [-0.3, -0.25) is 0 Å². The molecule has 0 unspecified atom stereocenters. The number of rotatable bonds is 5. The smallest absolute Gasteiger partial charge is 0.247 e. The van der Waals surface area contributed by atoms with Gasteiger partial charge in [0, 0.05) is 11.6 Å². The zero-order valence-electron chi connectivity index (χ0n) is 10.9. The number of benzene rings is 1. The number of hydrogen-bond acceptors (Lipinski definition) is 4. The fraction of sp³-hybridized carbons (Fsp3) is 0.385. The molecule has 0 amide bonds. The number of hydrogen-bond donors (Lipinski definition) is 1. The largest absolute Gasteiger partial charge is 0.539 e. The van der Waals surface area contributed by atoms with Gasteiger partial charge >= 0.3 is 0 Å². The molecule has 5 nitrogen and oxygen atoms in total. The molecule has 2 aromatic rings. The van der Waals surface area contributed by atoms with Gasteiger partial charge in [-0.1, -0.05) is 34.5 Å². The summed E-state index contributed by atoms with van der Waals surface area (Å²) in [6.07, 6.45) is 0. The van der Waals surface area contributed by atoms with Crippen LogP contribution in [-0.4, -0.2) is 5.27 Å². The highest BCUT2D eigenvalue weighted by molar-refractivity contribution is 6.31. The van der Waals surface area contributed by atoms with Crippen LogP contribution in [0.2, 0.25) is 5.02 Å². The lowest BCUT2D eigenvalue weighted by molar-refractivity contribution is -0.785. The highest BCUT2D eigenvalue weighted by Crippen LogP contribution is 2.15. The van der Waals surface area contributed by atoms with Crippen molar-refractivity contribution in [2.75, 3.05) is 0 Å². The number of aromatic nitrogens is 2. The monoisotopic (exact) mass is 281 g/mol. The Hall–Kier alpha value is -1.59. The van der Waals surface area contributed by atoms with E-state index in [2.05, 4.69) is 15.1 Å². The van der Waals surface area contributed by atoms with Crippen LogP contribution >= 0.6 is 11.6 Å². The summed E-state index contributed by atoms with van der Waals surface area (Å²) in [6, 6.07) is 7.68. The van der Waals surface area contributed by atoms with Crippen LogP contribution in [0.1, 0.15) is 31.1 Å². The lowest BCUT2D eigenvalue weighted by Gasteiger charge is -2.05. The van der Waals surface area contributed by atoms with Gasteiger partial charge in [0.2, 0.25) is 5.69 Å². The van der Waals surface area contributed by atoms with Crippen molar-refractivity contribution in [3.63, 3.8) is 0 Å². The first-order valence-electron chi connectivity index (χ1n) is 6.11. The minimum absolute atomic E-state index is 0.0866. The third-order valence-electron chi connectivity index (χ3n) is 2.78. The zero-order valence-corrected chi connectivity index (χ0v) is 11.6. The Morgan fingerprint density at radius 1 is 1.37 bits per heavy atom. The lowest BCUT2D eigenvalue weighted by atomic mass is 10.2. The van der Waals surface area contributed by atoms with Crippen molar-refractivity contribution < 1.29 is 14.3 Å². The maximum absolute atomic E-state index is 11.5. The van der Waals surface area contributed by atoms with Crippen molar-refractivity contribution >= 4 is 11.6 Å². The van der Waals surface area contributed by atoms with Crippen molar-refractivity contribution in [1.82, 2.24) is 10.6 Å². The maximum Gasteiger partial charge on any atom is 0.247 e. The molecule has 6 heteroatoms. The summed E-state index contributed by atoms with van der Waals surface area (Å²) in [5.74, 6) is -0.402. The van der Waals surface area contributed by atoms with Crippen molar-refractivity contribution in [3.05, 3.63) is 40.5 Å². The van der Waals surface area contributed by atoms with E-state index in [4.69, 9.17) is 11.6 Å². The molecule has 0 fully saturated rings. The molecule has 0 atom stereocenters. The topological polar surface area (TPSA) is 65.0 Å². The third-order valence-corrected chi connectivity index (χ3v) is 3.15. The summed E-state index contributed by atoms with van der Waals surface area (Å²) < 4.78 is 6.26. The Bertz CT molecular complexity index is 555. The van der Waals surface area contributed by atoms with Crippen LogP contribution < -0.4 is 15.1 Å². The van der Waals surface area contributed by atoms with Gasteiger partial charge in [-0.15, -0.1) is 0 Å². The van der Waals surface area contributed by atoms with Gasteiger partial charge in [0.05, 0.1) is 11.8 Å². The van der Waals surface area contributed by atoms with Crippen LogP contribution in [0.4, 0.5) is 0 Å². The first-order chi connectivity index (χ1) is 9.09. The number of halogens is 1. The minimum Gasteiger partial charge on any atom is -0.539 e. The van der Waals surface area contributed by atoms with Crippen molar-refractivity contribution in [2.24, 2.45) is 0 Å². The number of nitrogens with zero attached hydrogens (tertiary/aromatic N) is 2. The maximum atomic E-state index is 11.5. The predicted molar refractivity (Wildman–Crippen MR) is 68.5 cm³/mol. The van der Waals surface area contributed by atoms with Gasteiger partial charge in [0.1, 0.15) is 0 Å². The van der Waals surface area contributed by atoms with Crippen LogP contribution in [-0.2, 0) is 13.1 Å². The second-order valence-electron chi connectivity index (χ2n) is 4.54. The molecule has 102 valence electrons. The molecule has 0 aliphatic carbocycles. The Kier molecular flexibility index (Phi) is 4.39. The molecule has 1 aromatic carbocycles. The minimum atomic E-state index is -0.402. The van der Waals surface area contributed by atoms with Crippen LogP contribution in [0.3, 0.4) is 0 Å².